The number of likely N-dealkylation sites (tertiary alicyclic amines) is 1. The maximum absolute atomic E-state index is 12.7. The highest BCUT2D eigenvalue weighted by Gasteiger charge is 2.49. The number of amides is 3. The standard InChI is InChI=1S/C22H22F3N3O2S/c1-15-2-8-18(9-3-15)28-19(29)14-31-21(28)10-12-27(13-11-21)20(30)26-17-6-4-16(5-7-17)22(23,24)25/h2-9H,10-14H2,1H3,(H,26,30). The number of alkyl halides is 3. The van der Waals surface area contributed by atoms with Crippen LogP contribution in [-0.4, -0.2) is 40.6 Å². The van der Waals surface area contributed by atoms with Crippen LogP contribution in [-0.2, 0) is 11.0 Å². The second-order valence-corrected chi connectivity index (χ2v) is 9.13. The predicted octanol–water partition coefficient (Wildman–Crippen LogP) is 5.12. The molecular formula is C22H22F3N3O2S. The molecule has 2 saturated heterocycles. The van der Waals surface area contributed by atoms with Gasteiger partial charge in [-0.1, -0.05) is 17.7 Å². The lowest BCUT2D eigenvalue weighted by atomic mass is 10.0. The number of hydrogen-bond donors (Lipinski definition) is 1. The Morgan fingerprint density at radius 1 is 1.03 bits per heavy atom. The number of thioether (sulfide) groups is 1. The number of anilines is 2. The smallest absolute Gasteiger partial charge is 0.324 e. The quantitative estimate of drug-likeness (QED) is 0.693. The van der Waals surface area contributed by atoms with Gasteiger partial charge in [0.05, 0.1) is 16.2 Å². The molecule has 0 radical (unpaired) electrons. The van der Waals surface area contributed by atoms with E-state index in [1.165, 1.54) is 12.1 Å². The summed E-state index contributed by atoms with van der Waals surface area (Å²) in [4.78, 5) is 28.4. The summed E-state index contributed by atoms with van der Waals surface area (Å²) in [6.07, 6.45) is -3.17. The van der Waals surface area contributed by atoms with E-state index in [1.807, 2.05) is 36.1 Å². The molecule has 31 heavy (non-hydrogen) atoms. The van der Waals surface area contributed by atoms with E-state index in [0.29, 0.717) is 37.4 Å². The molecule has 3 amide bonds. The molecule has 2 aliphatic heterocycles. The largest absolute Gasteiger partial charge is 0.416 e. The highest BCUT2D eigenvalue weighted by Crippen LogP contribution is 2.46. The highest BCUT2D eigenvalue weighted by atomic mass is 32.2. The van der Waals surface area contributed by atoms with E-state index < -0.39 is 11.7 Å². The van der Waals surface area contributed by atoms with Gasteiger partial charge in [0.2, 0.25) is 5.91 Å². The summed E-state index contributed by atoms with van der Waals surface area (Å²) < 4.78 is 38.1. The fourth-order valence-corrected chi connectivity index (χ4v) is 5.33. The summed E-state index contributed by atoms with van der Waals surface area (Å²) in [5, 5.41) is 2.66. The Hall–Kier alpha value is -2.68. The third-order valence-corrected chi connectivity index (χ3v) is 7.23. The third-order valence-electron chi connectivity index (χ3n) is 5.71. The molecule has 164 valence electrons. The summed E-state index contributed by atoms with van der Waals surface area (Å²) in [7, 11) is 0. The average molecular weight is 449 g/mol. The molecule has 0 bridgehead atoms. The molecule has 2 aliphatic rings. The first-order chi connectivity index (χ1) is 14.7. The Balaban J connectivity index is 1.41. The van der Waals surface area contributed by atoms with Crippen molar-refractivity contribution in [2.45, 2.75) is 30.8 Å². The molecule has 2 aromatic rings. The number of rotatable bonds is 2. The molecule has 2 fully saturated rings. The van der Waals surface area contributed by atoms with Crippen LogP contribution >= 0.6 is 11.8 Å². The van der Waals surface area contributed by atoms with Crippen molar-refractivity contribution in [3.8, 4) is 0 Å². The number of nitrogens with one attached hydrogen (secondary N) is 1. The van der Waals surface area contributed by atoms with Crippen LogP contribution in [0.15, 0.2) is 48.5 Å². The van der Waals surface area contributed by atoms with Crippen LogP contribution in [0.1, 0.15) is 24.0 Å². The minimum atomic E-state index is -4.41. The lowest BCUT2D eigenvalue weighted by Gasteiger charge is -2.43. The van der Waals surface area contributed by atoms with Crippen LogP contribution in [0.4, 0.5) is 29.3 Å². The SMILES string of the molecule is Cc1ccc(N2C(=O)CSC23CCN(C(=O)Nc2ccc(C(F)(F)F)cc2)CC3)cc1. The summed E-state index contributed by atoms with van der Waals surface area (Å²) >= 11 is 1.61. The fourth-order valence-electron chi connectivity index (χ4n) is 4.00. The van der Waals surface area contributed by atoms with Gasteiger partial charge in [0, 0.05) is 24.5 Å². The maximum Gasteiger partial charge on any atom is 0.416 e. The van der Waals surface area contributed by atoms with Crippen molar-refractivity contribution in [2.75, 3.05) is 29.1 Å². The number of nitrogens with zero attached hydrogens (tertiary/aromatic N) is 2. The Kier molecular flexibility index (Phi) is 5.63. The van der Waals surface area contributed by atoms with E-state index in [0.717, 1.165) is 23.4 Å². The molecular weight excluding hydrogens is 427 g/mol. The molecule has 5 nitrogen and oxygen atoms in total. The van der Waals surface area contributed by atoms with Crippen molar-refractivity contribution in [3.05, 3.63) is 59.7 Å². The summed E-state index contributed by atoms with van der Waals surface area (Å²) in [5.41, 5.74) is 1.53. The Morgan fingerprint density at radius 2 is 1.65 bits per heavy atom. The average Bonchev–Trinajstić information content (AvgIpc) is 3.04. The van der Waals surface area contributed by atoms with Gasteiger partial charge >= 0.3 is 12.2 Å². The van der Waals surface area contributed by atoms with Crippen LogP contribution in [0.25, 0.3) is 0 Å². The van der Waals surface area contributed by atoms with Crippen LogP contribution in [0.5, 0.6) is 0 Å². The van der Waals surface area contributed by atoms with Gasteiger partial charge in [-0.05, 0) is 56.2 Å². The van der Waals surface area contributed by atoms with E-state index in [-0.39, 0.29) is 16.8 Å². The van der Waals surface area contributed by atoms with Crippen LogP contribution in [0.3, 0.4) is 0 Å². The molecule has 0 atom stereocenters. The Morgan fingerprint density at radius 3 is 2.23 bits per heavy atom. The van der Waals surface area contributed by atoms with Crippen molar-refractivity contribution in [1.82, 2.24) is 4.90 Å². The van der Waals surface area contributed by atoms with Crippen LogP contribution < -0.4 is 10.2 Å². The van der Waals surface area contributed by atoms with Crippen molar-refractivity contribution in [2.24, 2.45) is 0 Å². The second kappa shape index (κ2) is 8.11. The molecule has 1 N–H and O–H groups in total. The monoisotopic (exact) mass is 449 g/mol. The zero-order chi connectivity index (χ0) is 22.2. The lowest BCUT2D eigenvalue weighted by Crippen LogP contribution is -2.53. The molecule has 0 aromatic heterocycles. The van der Waals surface area contributed by atoms with E-state index in [9.17, 15) is 22.8 Å². The number of benzene rings is 2. The molecule has 1 spiro atoms. The minimum absolute atomic E-state index is 0.0662. The zero-order valence-electron chi connectivity index (χ0n) is 16.9. The number of halogens is 3. The molecule has 2 heterocycles. The van der Waals surface area contributed by atoms with Gasteiger partial charge in [0.25, 0.3) is 0 Å². The van der Waals surface area contributed by atoms with Crippen molar-refractivity contribution in [3.63, 3.8) is 0 Å². The number of piperidine rings is 1. The van der Waals surface area contributed by atoms with Crippen molar-refractivity contribution < 1.29 is 22.8 Å². The predicted molar refractivity (Wildman–Crippen MR) is 115 cm³/mol. The van der Waals surface area contributed by atoms with E-state index in [2.05, 4.69) is 5.32 Å². The van der Waals surface area contributed by atoms with E-state index in [1.54, 1.807) is 16.7 Å². The third kappa shape index (κ3) is 4.37. The number of carbonyl (C=O) groups is 2. The van der Waals surface area contributed by atoms with E-state index >= 15 is 0 Å². The van der Waals surface area contributed by atoms with Gasteiger partial charge < -0.3 is 10.2 Å². The Labute approximate surface area is 182 Å². The molecule has 9 heteroatoms. The van der Waals surface area contributed by atoms with Gasteiger partial charge in [-0.3, -0.25) is 9.69 Å². The molecule has 2 aromatic carbocycles. The first-order valence-corrected chi connectivity index (χ1v) is 10.9. The first-order valence-electron chi connectivity index (χ1n) is 9.95. The van der Waals surface area contributed by atoms with Gasteiger partial charge in [-0.2, -0.15) is 13.2 Å². The maximum atomic E-state index is 12.7. The lowest BCUT2D eigenvalue weighted by molar-refractivity contribution is -0.137. The molecule has 0 unspecified atom stereocenters. The normalized spacial score (nSPS) is 18.5. The zero-order valence-corrected chi connectivity index (χ0v) is 17.7. The molecule has 0 aliphatic carbocycles. The number of hydrogen-bond acceptors (Lipinski definition) is 3. The van der Waals surface area contributed by atoms with Gasteiger partial charge in [-0.15, -0.1) is 11.8 Å². The second-order valence-electron chi connectivity index (χ2n) is 7.79. The topological polar surface area (TPSA) is 52.7 Å². The summed E-state index contributed by atoms with van der Waals surface area (Å²) in [6, 6.07) is 11.9. The molecule has 4 rings (SSSR count). The minimum Gasteiger partial charge on any atom is -0.324 e. The molecule has 0 saturated carbocycles. The summed E-state index contributed by atoms with van der Waals surface area (Å²) in [6.45, 7) is 2.90. The Bertz CT molecular complexity index is 969. The van der Waals surface area contributed by atoms with Gasteiger partial charge in [0.15, 0.2) is 0 Å². The fraction of sp³-hybridized carbons (Fsp3) is 0.364. The van der Waals surface area contributed by atoms with Crippen LogP contribution in [0.2, 0.25) is 0 Å². The van der Waals surface area contributed by atoms with Crippen molar-refractivity contribution >= 4 is 35.1 Å². The number of urea groups is 1. The number of aryl methyl sites for hydroxylation is 1. The number of carbonyl (C=O) groups excluding carboxylic acids is 2. The van der Waals surface area contributed by atoms with Gasteiger partial charge in [-0.25, -0.2) is 4.79 Å². The van der Waals surface area contributed by atoms with Crippen molar-refractivity contribution in [1.29, 1.82) is 0 Å². The highest BCUT2D eigenvalue weighted by molar-refractivity contribution is 8.02. The van der Waals surface area contributed by atoms with Crippen LogP contribution in [0, 0.1) is 6.92 Å². The first kappa shape index (κ1) is 21.5. The summed E-state index contributed by atoms with van der Waals surface area (Å²) in [5.74, 6) is 0.475. The van der Waals surface area contributed by atoms with Gasteiger partial charge in [0.1, 0.15) is 0 Å². The van der Waals surface area contributed by atoms with E-state index in [4.69, 9.17) is 0 Å².